The summed E-state index contributed by atoms with van der Waals surface area (Å²) in [6, 6.07) is 0. The van der Waals surface area contributed by atoms with E-state index in [0.717, 1.165) is 51.3 Å². The number of hydrogen-bond donors (Lipinski definition) is 0. The van der Waals surface area contributed by atoms with Crippen LogP contribution in [0.3, 0.4) is 0 Å². The van der Waals surface area contributed by atoms with E-state index in [-0.39, 0.29) is 12.4 Å². The first-order valence-corrected chi connectivity index (χ1v) is 9.94. The zero-order valence-electron chi connectivity index (χ0n) is 14.4. The number of ketones is 1. The molecule has 0 aliphatic rings. The van der Waals surface area contributed by atoms with Gasteiger partial charge in [-0.25, -0.2) is 0 Å². The molecule has 0 saturated carbocycles. The van der Waals surface area contributed by atoms with E-state index in [1.54, 1.807) is 11.8 Å². The van der Waals surface area contributed by atoms with E-state index < -0.39 is 0 Å². The van der Waals surface area contributed by atoms with Crippen molar-refractivity contribution in [3.63, 3.8) is 0 Å². The third-order valence-electron chi connectivity index (χ3n) is 3.20. The number of unbranched alkanes of at least 4 members (excludes halogenated alkanes) is 4. The summed E-state index contributed by atoms with van der Waals surface area (Å²) in [7, 11) is 0. The van der Waals surface area contributed by atoms with Gasteiger partial charge in [-0.2, -0.15) is 11.8 Å². The first-order valence-electron chi connectivity index (χ1n) is 8.55. The Morgan fingerprint density at radius 1 is 0.818 bits per heavy atom. The molecule has 5 heteroatoms. The second-order valence-electron chi connectivity index (χ2n) is 5.33. The summed E-state index contributed by atoms with van der Waals surface area (Å²) >= 11 is 1.80. The van der Waals surface area contributed by atoms with Crippen LogP contribution in [0, 0.1) is 0 Å². The number of thioether (sulfide) groups is 1. The number of ether oxygens (including phenoxy) is 3. The highest BCUT2D eigenvalue weighted by atomic mass is 32.2. The Balaban J connectivity index is 3.13. The number of rotatable bonds is 18. The molecule has 0 aliphatic heterocycles. The molecule has 22 heavy (non-hydrogen) atoms. The lowest BCUT2D eigenvalue weighted by molar-refractivity contribution is -0.124. The second kappa shape index (κ2) is 18.9. The fourth-order valence-electron chi connectivity index (χ4n) is 1.88. The van der Waals surface area contributed by atoms with Gasteiger partial charge >= 0.3 is 0 Å². The molecule has 0 N–H and O–H groups in total. The minimum absolute atomic E-state index is 0.189. The summed E-state index contributed by atoms with van der Waals surface area (Å²) < 4.78 is 16.2. The molecular formula is C17H34O4S. The van der Waals surface area contributed by atoms with Gasteiger partial charge in [0, 0.05) is 25.4 Å². The lowest BCUT2D eigenvalue weighted by atomic mass is 10.1. The summed E-state index contributed by atoms with van der Waals surface area (Å²) in [5.41, 5.74) is 0. The van der Waals surface area contributed by atoms with Crippen molar-refractivity contribution in [2.45, 2.75) is 51.9 Å². The molecule has 0 heterocycles. The molecule has 0 atom stereocenters. The predicted molar refractivity (Wildman–Crippen MR) is 93.8 cm³/mol. The first-order chi connectivity index (χ1) is 10.8. The minimum Gasteiger partial charge on any atom is -0.381 e. The maximum Gasteiger partial charge on any atom is 0.158 e. The lowest BCUT2D eigenvalue weighted by Gasteiger charge is -2.06. The topological polar surface area (TPSA) is 44.8 Å². The van der Waals surface area contributed by atoms with Crippen LogP contribution >= 0.6 is 11.8 Å². The number of Topliss-reactive ketones (excluding diaryl/α,β-unsaturated/α-hetero) is 1. The van der Waals surface area contributed by atoms with Gasteiger partial charge in [0.05, 0.1) is 19.8 Å². The third-order valence-corrected chi connectivity index (χ3v) is 3.78. The summed E-state index contributed by atoms with van der Waals surface area (Å²) in [5, 5.41) is 0. The molecule has 0 fully saturated rings. The highest BCUT2D eigenvalue weighted by Crippen LogP contribution is 2.02. The van der Waals surface area contributed by atoms with Crippen molar-refractivity contribution < 1.29 is 19.0 Å². The van der Waals surface area contributed by atoms with Crippen molar-refractivity contribution in [3.05, 3.63) is 0 Å². The standard InChI is InChI=1S/C17H34O4S/c1-3-4-7-10-19-12-13-21-16-17(18)9-6-5-8-11-20-14-15-22-2/h3-16H2,1-2H3. The van der Waals surface area contributed by atoms with Crippen LogP contribution in [-0.2, 0) is 19.0 Å². The number of carbonyl (C=O) groups excluding carboxylic acids is 1. The predicted octanol–water partition coefficient (Wildman–Crippen LogP) is 3.72. The molecule has 132 valence electrons. The average molecular weight is 335 g/mol. The Labute approximate surface area is 140 Å². The summed E-state index contributed by atoms with van der Waals surface area (Å²) in [6.45, 7) is 5.93. The highest BCUT2D eigenvalue weighted by Gasteiger charge is 2.02. The maximum absolute atomic E-state index is 11.6. The van der Waals surface area contributed by atoms with Crippen LogP contribution in [0.25, 0.3) is 0 Å². The largest absolute Gasteiger partial charge is 0.381 e. The van der Waals surface area contributed by atoms with Gasteiger partial charge in [-0.1, -0.05) is 26.2 Å². The molecule has 0 aromatic heterocycles. The normalized spacial score (nSPS) is 11.0. The van der Waals surface area contributed by atoms with E-state index in [1.165, 1.54) is 12.8 Å². The Hall–Kier alpha value is -0.100. The third kappa shape index (κ3) is 18.0. The van der Waals surface area contributed by atoms with E-state index in [1.807, 2.05) is 0 Å². The van der Waals surface area contributed by atoms with Crippen molar-refractivity contribution in [2.75, 3.05) is 51.6 Å². The molecule has 0 aromatic rings. The first kappa shape index (κ1) is 21.9. The Morgan fingerprint density at radius 3 is 2.23 bits per heavy atom. The summed E-state index contributed by atoms with van der Waals surface area (Å²) in [4.78, 5) is 11.6. The van der Waals surface area contributed by atoms with E-state index in [2.05, 4.69) is 13.2 Å². The van der Waals surface area contributed by atoms with Gasteiger partial charge in [0.25, 0.3) is 0 Å². The second-order valence-corrected chi connectivity index (χ2v) is 6.31. The molecule has 0 amide bonds. The summed E-state index contributed by atoms with van der Waals surface area (Å²) in [5.74, 6) is 1.24. The quantitative estimate of drug-likeness (QED) is 0.357. The minimum atomic E-state index is 0.189. The van der Waals surface area contributed by atoms with Gasteiger partial charge in [0.2, 0.25) is 0 Å². The fraction of sp³-hybridized carbons (Fsp3) is 0.941. The monoisotopic (exact) mass is 334 g/mol. The molecule has 0 spiro atoms. The fourth-order valence-corrected chi connectivity index (χ4v) is 2.16. The summed E-state index contributed by atoms with van der Waals surface area (Å²) in [6.07, 6.45) is 9.23. The Bertz CT molecular complexity index is 215. The van der Waals surface area contributed by atoms with E-state index >= 15 is 0 Å². The molecule has 0 saturated heterocycles. The van der Waals surface area contributed by atoms with Crippen molar-refractivity contribution in [2.24, 2.45) is 0 Å². The van der Waals surface area contributed by atoms with Gasteiger partial charge in [0.1, 0.15) is 6.61 Å². The average Bonchev–Trinajstić information content (AvgIpc) is 2.52. The van der Waals surface area contributed by atoms with Crippen LogP contribution in [-0.4, -0.2) is 57.4 Å². The lowest BCUT2D eigenvalue weighted by Crippen LogP contribution is -2.12. The van der Waals surface area contributed by atoms with Crippen LogP contribution in [0.2, 0.25) is 0 Å². The molecule has 0 aromatic carbocycles. The molecule has 0 radical (unpaired) electrons. The van der Waals surface area contributed by atoms with Crippen LogP contribution in [0.15, 0.2) is 0 Å². The number of hydrogen-bond acceptors (Lipinski definition) is 5. The molecule has 0 aliphatic carbocycles. The van der Waals surface area contributed by atoms with Crippen molar-refractivity contribution in [3.8, 4) is 0 Å². The van der Waals surface area contributed by atoms with E-state index in [9.17, 15) is 4.79 Å². The van der Waals surface area contributed by atoms with Gasteiger partial charge in [-0.15, -0.1) is 0 Å². The van der Waals surface area contributed by atoms with Crippen LogP contribution in [0.5, 0.6) is 0 Å². The molecular weight excluding hydrogens is 300 g/mol. The Morgan fingerprint density at radius 2 is 1.50 bits per heavy atom. The molecule has 0 bridgehead atoms. The number of carbonyl (C=O) groups is 1. The van der Waals surface area contributed by atoms with Crippen LogP contribution < -0.4 is 0 Å². The van der Waals surface area contributed by atoms with E-state index in [4.69, 9.17) is 14.2 Å². The van der Waals surface area contributed by atoms with Crippen molar-refractivity contribution >= 4 is 17.5 Å². The van der Waals surface area contributed by atoms with Crippen molar-refractivity contribution in [1.29, 1.82) is 0 Å². The molecule has 0 unspecified atom stereocenters. The molecule has 0 rings (SSSR count). The molecule has 4 nitrogen and oxygen atoms in total. The maximum atomic E-state index is 11.6. The van der Waals surface area contributed by atoms with Gasteiger partial charge in [-0.05, 0) is 25.5 Å². The van der Waals surface area contributed by atoms with Gasteiger partial charge in [-0.3, -0.25) is 4.79 Å². The highest BCUT2D eigenvalue weighted by molar-refractivity contribution is 7.98. The zero-order valence-corrected chi connectivity index (χ0v) is 15.3. The van der Waals surface area contributed by atoms with Crippen LogP contribution in [0.4, 0.5) is 0 Å². The SMILES string of the molecule is CCCCCOCCOCC(=O)CCCCCOCCSC. The zero-order chi connectivity index (χ0) is 16.3. The van der Waals surface area contributed by atoms with Gasteiger partial charge in [0.15, 0.2) is 5.78 Å². The van der Waals surface area contributed by atoms with E-state index in [0.29, 0.717) is 19.6 Å². The smallest absolute Gasteiger partial charge is 0.158 e. The van der Waals surface area contributed by atoms with Crippen LogP contribution in [0.1, 0.15) is 51.9 Å². The van der Waals surface area contributed by atoms with Gasteiger partial charge < -0.3 is 14.2 Å². The van der Waals surface area contributed by atoms with Crippen molar-refractivity contribution in [1.82, 2.24) is 0 Å². The Kier molecular flexibility index (Phi) is 18.9.